The summed E-state index contributed by atoms with van der Waals surface area (Å²) in [6, 6.07) is 21.6. The predicted octanol–water partition coefficient (Wildman–Crippen LogP) is 4.06. The predicted molar refractivity (Wildman–Crippen MR) is 96.2 cm³/mol. The van der Waals surface area contributed by atoms with Gasteiger partial charge in [-0.05, 0) is 35.0 Å². The molecule has 4 aromatic rings. The molecule has 0 atom stereocenters. The Labute approximate surface area is 139 Å². The number of carbonyl (C=O) groups is 1. The molecule has 4 nitrogen and oxygen atoms in total. The number of benzene rings is 3. The summed E-state index contributed by atoms with van der Waals surface area (Å²) in [7, 11) is 1.75. The lowest BCUT2D eigenvalue weighted by molar-refractivity contribution is 0.0988. The molecule has 0 aliphatic carbocycles. The second-order valence-electron chi connectivity index (χ2n) is 5.64. The Morgan fingerprint density at radius 3 is 2.42 bits per heavy atom. The zero-order chi connectivity index (χ0) is 16.5. The Morgan fingerprint density at radius 1 is 0.875 bits per heavy atom. The Hall–Kier alpha value is -3.27. The van der Waals surface area contributed by atoms with Gasteiger partial charge >= 0.3 is 0 Å². The minimum Gasteiger partial charge on any atom is -0.310 e. The smallest absolute Gasteiger partial charge is 0.278 e. The van der Waals surface area contributed by atoms with Gasteiger partial charge in [0.15, 0.2) is 0 Å². The molecule has 0 aliphatic rings. The number of anilines is 1. The lowest BCUT2D eigenvalue weighted by Gasteiger charge is -2.17. The van der Waals surface area contributed by atoms with Crippen molar-refractivity contribution in [1.82, 2.24) is 9.97 Å². The van der Waals surface area contributed by atoms with E-state index in [1.165, 1.54) is 6.20 Å². The van der Waals surface area contributed by atoms with Crippen molar-refractivity contribution >= 4 is 33.4 Å². The number of para-hydroxylation sites is 2. The van der Waals surface area contributed by atoms with Crippen molar-refractivity contribution < 1.29 is 4.79 Å². The highest BCUT2D eigenvalue weighted by atomic mass is 16.2. The quantitative estimate of drug-likeness (QED) is 0.560. The summed E-state index contributed by atoms with van der Waals surface area (Å²) in [6.45, 7) is 0. The summed E-state index contributed by atoms with van der Waals surface area (Å²) in [5.74, 6) is -0.177. The van der Waals surface area contributed by atoms with Crippen LogP contribution in [0.5, 0.6) is 0 Å². The molecular formula is C20H15N3O. The summed E-state index contributed by atoms with van der Waals surface area (Å²) in [6.07, 6.45) is 1.53. The molecule has 1 aromatic heterocycles. The van der Waals surface area contributed by atoms with E-state index in [9.17, 15) is 4.79 Å². The molecule has 116 valence electrons. The molecule has 0 saturated heterocycles. The number of fused-ring (bicyclic) bond motifs is 2. The first-order valence-electron chi connectivity index (χ1n) is 7.71. The minimum absolute atomic E-state index is 0.177. The van der Waals surface area contributed by atoms with Gasteiger partial charge in [-0.3, -0.25) is 9.78 Å². The van der Waals surface area contributed by atoms with E-state index in [4.69, 9.17) is 0 Å². The van der Waals surface area contributed by atoms with Gasteiger partial charge in [0.05, 0.1) is 17.2 Å². The van der Waals surface area contributed by atoms with Crippen LogP contribution in [-0.4, -0.2) is 22.9 Å². The van der Waals surface area contributed by atoms with E-state index < -0.39 is 0 Å². The fourth-order valence-corrected chi connectivity index (χ4v) is 2.73. The molecule has 1 amide bonds. The third-order valence-corrected chi connectivity index (χ3v) is 4.09. The highest BCUT2D eigenvalue weighted by Gasteiger charge is 2.16. The number of hydrogen-bond acceptors (Lipinski definition) is 3. The number of rotatable bonds is 2. The normalized spacial score (nSPS) is 10.9. The van der Waals surface area contributed by atoms with Crippen LogP contribution in [0, 0.1) is 0 Å². The van der Waals surface area contributed by atoms with Gasteiger partial charge in [0.1, 0.15) is 5.69 Å². The first-order valence-corrected chi connectivity index (χ1v) is 7.71. The van der Waals surface area contributed by atoms with Crippen LogP contribution in [0.25, 0.3) is 21.8 Å². The van der Waals surface area contributed by atoms with Gasteiger partial charge in [-0.2, -0.15) is 0 Å². The monoisotopic (exact) mass is 313 g/mol. The molecule has 0 N–H and O–H groups in total. The average Bonchev–Trinajstić information content (AvgIpc) is 2.66. The average molecular weight is 313 g/mol. The summed E-state index contributed by atoms with van der Waals surface area (Å²) < 4.78 is 0. The summed E-state index contributed by atoms with van der Waals surface area (Å²) in [5.41, 5.74) is 2.66. The first-order chi connectivity index (χ1) is 11.7. The first kappa shape index (κ1) is 14.3. The van der Waals surface area contributed by atoms with E-state index in [0.717, 1.165) is 27.5 Å². The third-order valence-electron chi connectivity index (χ3n) is 4.09. The van der Waals surface area contributed by atoms with Crippen molar-refractivity contribution in [2.24, 2.45) is 0 Å². The Kier molecular flexibility index (Phi) is 3.43. The molecule has 4 rings (SSSR count). The largest absolute Gasteiger partial charge is 0.310 e. The maximum Gasteiger partial charge on any atom is 0.278 e. The van der Waals surface area contributed by atoms with E-state index in [2.05, 4.69) is 16.0 Å². The minimum atomic E-state index is -0.177. The lowest BCUT2D eigenvalue weighted by atomic mass is 10.1. The Balaban J connectivity index is 1.70. The maximum atomic E-state index is 12.7. The number of amides is 1. The van der Waals surface area contributed by atoms with Crippen molar-refractivity contribution in [2.45, 2.75) is 0 Å². The zero-order valence-corrected chi connectivity index (χ0v) is 13.2. The van der Waals surface area contributed by atoms with Crippen molar-refractivity contribution in [3.05, 3.63) is 78.6 Å². The maximum absolute atomic E-state index is 12.7. The molecule has 3 aromatic carbocycles. The van der Waals surface area contributed by atoms with E-state index in [0.29, 0.717) is 5.69 Å². The van der Waals surface area contributed by atoms with Gasteiger partial charge in [0, 0.05) is 12.7 Å². The summed E-state index contributed by atoms with van der Waals surface area (Å²) >= 11 is 0. The number of hydrogen-bond donors (Lipinski definition) is 0. The van der Waals surface area contributed by atoms with E-state index in [-0.39, 0.29) is 5.91 Å². The lowest BCUT2D eigenvalue weighted by Crippen LogP contribution is -2.27. The Morgan fingerprint density at radius 2 is 1.58 bits per heavy atom. The van der Waals surface area contributed by atoms with Gasteiger partial charge in [0.2, 0.25) is 0 Å². The highest BCUT2D eigenvalue weighted by Crippen LogP contribution is 2.22. The number of aromatic nitrogens is 2. The highest BCUT2D eigenvalue weighted by molar-refractivity contribution is 6.06. The molecular weight excluding hydrogens is 298 g/mol. The zero-order valence-electron chi connectivity index (χ0n) is 13.2. The van der Waals surface area contributed by atoms with E-state index in [1.54, 1.807) is 11.9 Å². The van der Waals surface area contributed by atoms with Crippen molar-refractivity contribution in [2.75, 3.05) is 11.9 Å². The van der Waals surface area contributed by atoms with Crippen molar-refractivity contribution in [1.29, 1.82) is 0 Å². The van der Waals surface area contributed by atoms with E-state index >= 15 is 0 Å². The molecule has 1 heterocycles. The number of nitrogens with zero attached hydrogens (tertiary/aromatic N) is 3. The molecule has 0 unspecified atom stereocenters. The number of carbonyl (C=O) groups excluding carboxylic acids is 1. The van der Waals surface area contributed by atoms with Crippen LogP contribution in [0.3, 0.4) is 0 Å². The van der Waals surface area contributed by atoms with Gasteiger partial charge in [0.25, 0.3) is 5.91 Å². The van der Waals surface area contributed by atoms with Crippen LogP contribution in [0.4, 0.5) is 5.69 Å². The Bertz CT molecular complexity index is 1060. The molecule has 4 heteroatoms. The molecule has 0 aliphatic heterocycles. The van der Waals surface area contributed by atoms with Gasteiger partial charge in [-0.25, -0.2) is 4.98 Å². The van der Waals surface area contributed by atoms with Gasteiger partial charge < -0.3 is 4.90 Å². The SMILES string of the molecule is CN(C(=O)c1cnc2ccccc2n1)c1ccc2ccccc2c1. The molecule has 0 spiro atoms. The molecule has 0 bridgehead atoms. The standard InChI is InChI=1S/C20H15N3O/c1-23(16-11-10-14-6-2-3-7-15(14)12-16)20(24)19-13-21-17-8-4-5-9-18(17)22-19/h2-13H,1H3. The second kappa shape index (κ2) is 5.74. The molecule has 0 fully saturated rings. The molecule has 24 heavy (non-hydrogen) atoms. The summed E-state index contributed by atoms with van der Waals surface area (Å²) in [5, 5.41) is 2.24. The van der Waals surface area contributed by atoms with Crippen LogP contribution in [0.2, 0.25) is 0 Å². The fourth-order valence-electron chi connectivity index (χ4n) is 2.73. The topological polar surface area (TPSA) is 46.1 Å². The van der Waals surface area contributed by atoms with Crippen molar-refractivity contribution in [3.8, 4) is 0 Å². The molecule has 0 radical (unpaired) electrons. The van der Waals surface area contributed by atoms with Crippen LogP contribution in [0.15, 0.2) is 72.9 Å². The second-order valence-corrected chi connectivity index (χ2v) is 5.64. The van der Waals surface area contributed by atoms with Crippen LogP contribution < -0.4 is 4.90 Å². The van der Waals surface area contributed by atoms with Crippen molar-refractivity contribution in [3.63, 3.8) is 0 Å². The van der Waals surface area contributed by atoms with Crippen LogP contribution in [0.1, 0.15) is 10.5 Å². The van der Waals surface area contributed by atoms with E-state index in [1.807, 2.05) is 60.7 Å². The fraction of sp³-hybridized carbons (Fsp3) is 0.0500. The third kappa shape index (κ3) is 2.48. The summed E-state index contributed by atoms with van der Waals surface area (Å²) in [4.78, 5) is 23.1. The van der Waals surface area contributed by atoms with Crippen LogP contribution in [-0.2, 0) is 0 Å². The van der Waals surface area contributed by atoms with Gasteiger partial charge in [-0.15, -0.1) is 0 Å². The molecule has 0 saturated carbocycles. The van der Waals surface area contributed by atoms with Crippen LogP contribution >= 0.6 is 0 Å². The van der Waals surface area contributed by atoms with Gasteiger partial charge in [-0.1, -0.05) is 42.5 Å².